The zero-order valence-electron chi connectivity index (χ0n) is 15.9. The highest BCUT2D eigenvalue weighted by molar-refractivity contribution is 5.85. The molecule has 0 saturated carbocycles. The van der Waals surface area contributed by atoms with Crippen molar-refractivity contribution >= 4 is 23.9 Å². The van der Waals surface area contributed by atoms with Crippen LogP contribution in [0.1, 0.15) is 29.9 Å². The molecule has 29 heavy (non-hydrogen) atoms. The normalized spacial score (nSPS) is 15.8. The minimum absolute atomic E-state index is 0. The molecule has 1 saturated heterocycles. The fraction of sp³-hybridized carbons (Fsp3) is 0.217. The van der Waals surface area contributed by atoms with Gasteiger partial charge in [0.25, 0.3) is 0 Å². The van der Waals surface area contributed by atoms with E-state index in [0.29, 0.717) is 22.6 Å². The van der Waals surface area contributed by atoms with Gasteiger partial charge in [0, 0.05) is 17.8 Å². The highest BCUT2D eigenvalue weighted by atomic mass is 35.5. The van der Waals surface area contributed by atoms with Gasteiger partial charge in [0.15, 0.2) is 0 Å². The van der Waals surface area contributed by atoms with Crippen molar-refractivity contribution in [3.8, 4) is 23.1 Å². The van der Waals surface area contributed by atoms with Gasteiger partial charge < -0.3 is 15.7 Å². The summed E-state index contributed by atoms with van der Waals surface area (Å²) in [5, 5.41) is 27.0. The van der Waals surface area contributed by atoms with E-state index < -0.39 is 0 Å². The standard InChI is InChI=1S/C23H22N4O.ClH/c24-14-20-19(16-7-6-12-25-15-16)13-21(18-10-4-5-11-22(18)28)27-23(20)26-17-8-2-1-3-9-17;/h1-5,8-11,13,16,25,28H,6-7,12,15H2,(H,26,27);1H. The molecule has 1 aromatic heterocycles. The zero-order valence-corrected chi connectivity index (χ0v) is 16.7. The number of anilines is 2. The SMILES string of the molecule is Cl.N#Cc1c(C2CCCNC2)cc(-c2ccccc2O)nc1Nc1ccccc1. The molecule has 5 nitrogen and oxygen atoms in total. The molecule has 1 unspecified atom stereocenters. The number of aromatic hydroxyl groups is 1. The van der Waals surface area contributed by atoms with E-state index in [1.54, 1.807) is 12.1 Å². The van der Waals surface area contributed by atoms with Crippen molar-refractivity contribution in [3.05, 3.63) is 71.8 Å². The first kappa shape index (κ1) is 20.7. The van der Waals surface area contributed by atoms with E-state index >= 15 is 0 Å². The summed E-state index contributed by atoms with van der Waals surface area (Å²) in [6.45, 7) is 1.84. The Balaban J connectivity index is 0.00000240. The number of nitrogens with one attached hydrogen (secondary N) is 2. The summed E-state index contributed by atoms with van der Waals surface area (Å²) in [5.41, 5.74) is 3.73. The van der Waals surface area contributed by atoms with Gasteiger partial charge in [0.1, 0.15) is 17.6 Å². The maximum absolute atomic E-state index is 10.3. The molecule has 148 valence electrons. The molecule has 2 aromatic carbocycles. The number of nitriles is 1. The Morgan fingerprint density at radius 1 is 1.10 bits per heavy atom. The molecule has 0 amide bonds. The van der Waals surface area contributed by atoms with E-state index in [2.05, 4.69) is 16.7 Å². The van der Waals surface area contributed by atoms with Crippen LogP contribution in [-0.2, 0) is 0 Å². The van der Waals surface area contributed by atoms with E-state index in [1.807, 2.05) is 48.5 Å². The maximum Gasteiger partial charge on any atom is 0.149 e. The Bertz CT molecular complexity index is 1010. The molecule has 1 fully saturated rings. The Kier molecular flexibility index (Phi) is 6.71. The number of benzene rings is 2. The molecule has 1 aliphatic heterocycles. The Hall–Kier alpha value is -3.07. The van der Waals surface area contributed by atoms with Crippen molar-refractivity contribution in [1.29, 1.82) is 5.26 Å². The minimum Gasteiger partial charge on any atom is -0.507 e. The summed E-state index contributed by atoms with van der Waals surface area (Å²) in [7, 11) is 0. The van der Waals surface area contributed by atoms with Crippen molar-refractivity contribution in [3.63, 3.8) is 0 Å². The summed E-state index contributed by atoms with van der Waals surface area (Å²) in [4.78, 5) is 4.71. The van der Waals surface area contributed by atoms with Gasteiger partial charge in [0.2, 0.25) is 0 Å². The number of phenols is 1. The smallest absolute Gasteiger partial charge is 0.149 e. The third-order valence-electron chi connectivity index (χ3n) is 5.11. The van der Waals surface area contributed by atoms with Crippen LogP contribution in [0.2, 0.25) is 0 Å². The summed E-state index contributed by atoms with van der Waals surface area (Å²) < 4.78 is 0. The first-order valence-electron chi connectivity index (χ1n) is 9.52. The van der Waals surface area contributed by atoms with Gasteiger partial charge in [-0.25, -0.2) is 4.98 Å². The predicted molar refractivity (Wildman–Crippen MR) is 118 cm³/mol. The van der Waals surface area contributed by atoms with Gasteiger partial charge in [-0.3, -0.25) is 0 Å². The van der Waals surface area contributed by atoms with Crippen LogP contribution in [0.4, 0.5) is 11.5 Å². The number of phenolic OH excluding ortho intramolecular Hbond substituents is 1. The predicted octanol–water partition coefficient (Wildman–Crippen LogP) is 4.96. The highest BCUT2D eigenvalue weighted by Gasteiger charge is 2.23. The van der Waals surface area contributed by atoms with Gasteiger partial charge in [-0.05, 0) is 61.2 Å². The molecule has 2 heterocycles. The summed E-state index contributed by atoms with van der Waals surface area (Å²) in [6, 6.07) is 21.2. The third-order valence-corrected chi connectivity index (χ3v) is 5.11. The topological polar surface area (TPSA) is 81.0 Å². The number of nitrogens with zero attached hydrogens (tertiary/aromatic N) is 2. The van der Waals surface area contributed by atoms with Crippen molar-refractivity contribution in [2.24, 2.45) is 0 Å². The maximum atomic E-state index is 10.3. The minimum atomic E-state index is 0. The van der Waals surface area contributed by atoms with Gasteiger partial charge in [-0.1, -0.05) is 30.3 Å². The lowest BCUT2D eigenvalue weighted by atomic mass is 9.88. The van der Waals surface area contributed by atoms with Gasteiger partial charge in [-0.15, -0.1) is 12.4 Å². The van der Waals surface area contributed by atoms with Gasteiger partial charge in [0.05, 0.1) is 11.3 Å². The molecule has 1 atom stereocenters. The van der Waals surface area contributed by atoms with E-state index in [-0.39, 0.29) is 24.1 Å². The van der Waals surface area contributed by atoms with Crippen molar-refractivity contribution in [2.45, 2.75) is 18.8 Å². The van der Waals surface area contributed by atoms with Crippen molar-refractivity contribution in [2.75, 3.05) is 18.4 Å². The number of pyridine rings is 1. The molecule has 0 aliphatic carbocycles. The first-order chi connectivity index (χ1) is 13.8. The average Bonchev–Trinajstić information content (AvgIpc) is 2.75. The zero-order chi connectivity index (χ0) is 19.3. The van der Waals surface area contributed by atoms with Crippen LogP contribution in [0.3, 0.4) is 0 Å². The van der Waals surface area contributed by atoms with Crippen LogP contribution < -0.4 is 10.6 Å². The number of rotatable bonds is 4. The third kappa shape index (κ3) is 4.51. The van der Waals surface area contributed by atoms with Gasteiger partial charge in [-0.2, -0.15) is 5.26 Å². The van der Waals surface area contributed by atoms with E-state index in [4.69, 9.17) is 4.98 Å². The number of hydrogen-bond donors (Lipinski definition) is 3. The van der Waals surface area contributed by atoms with Crippen LogP contribution in [0.25, 0.3) is 11.3 Å². The highest BCUT2D eigenvalue weighted by Crippen LogP contribution is 2.36. The lowest BCUT2D eigenvalue weighted by molar-refractivity contribution is 0.461. The first-order valence-corrected chi connectivity index (χ1v) is 9.52. The van der Waals surface area contributed by atoms with E-state index in [9.17, 15) is 10.4 Å². The number of halogens is 1. The lowest BCUT2D eigenvalue weighted by Gasteiger charge is -2.25. The number of para-hydroxylation sites is 2. The second-order valence-corrected chi connectivity index (χ2v) is 6.98. The molecule has 3 aromatic rings. The Labute approximate surface area is 176 Å². The molecule has 4 rings (SSSR count). The average molecular weight is 407 g/mol. The molecule has 0 radical (unpaired) electrons. The van der Waals surface area contributed by atoms with Crippen LogP contribution in [-0.4, -0.2) is 23.2 Å². The quantitative estimate of drug-likeness (QED) is 0.570. The molecular weight excluding hydrogens is 384 g/mol. The van der Waals surface area contributed by atoms with Crippen molar-refractivity contribution < 1.29 is 5.11 Å². The monoisotopic (exact) mass is 406 g/mol. The van der Waals surface area contributed by atoms with E-state index in [1.165, 1.54) is 0 Å². The van der Waals surface area contributed by atoms with Crippen LogP contribution in [0, 0.1) is 11.3 Å². The molecular formula is C23H23ClN4O. The summed E-state index contributed by atoms with van der Waals surface area (Å²) in [6.07, 6.45) is 2.10. The molecule has 0 spiro atoms. The van der Waals surface area contributed by atoms with Crippen LogP contribution in [0.5, 0.6) is 5.75 Å². The molecule has 0 bridgehead atoms. The second kappa shape index (κ2) is 9.42. The van der Waals surface area contributed by atoms with Gasteiger partial charge >= 0.3 is 0 Å². The molecule has 6 heteroatoms. The number of hydrogen-bond acceptors (Lipinski definition) is 5. The Morgan fingerprint density at radius 3 is 2.55 bits per heavy atom. The molecule has 1 aliphatic rings. The van der Waals surface area contributed by atoms with E-state index in [0.717, 1.165) is 37.2 Å². The number of piperidine rings is 1. The van der Waals surface area contributed by atoms with Crippen LogP contribution in [0.15, 0.2) is 60.7 Å². The fourth-order valence-corrected chi connectivity index (χ4v) is 3.70. The number of aromatic nitrogens is 1. The largest absolute Gasteiger partial charge is 0.507 e. The fourth-order valence-electron chi connectivity index (χ4n) is 3.70. The summed E-state index contributed by atoms with van der Waals surface area (Å²) in [5.74, 6) is 0.945. The molecule has 3 N–H and O–H groups in total. The Morgan fingerprint density at radius 2 is 1.86 bits per heavy atom. The second-order valence-electron chi connectivity index (χ2n) is 6.98. The van der Waals surface area contributed by atoms with Crippen LogP contribution >= 0.6 is 12.4 Å². The van der Waals surface area contributed by atoms with Crippen molar-refractivity contribution in [1.82, 2.24) is 10.3 Å². The summed E-state index contributed by atoms with van der Waals surface area (Å²) >= 11 is 0. The lowest BCUT2D eigenvalue weighted by Crippen LogP contribution is -2.29.